The lowest BCUT2D eigenvalue weighted by Crippen LogP contribution is -2.29. The summed E-state index contributed by atoms with van der Waals surface area (Å²) in [4.78, 5) is 15.3. The maximum absolute atomic E-state index is 13.1. The van der Waals surface area contributed by atoms with Crippen molar-refractivity contribution in [2.24, 2.45) is 0 Å². The van der Waals surface area contributed by atoms with Gasteiger partial charge in [0, 0.05) is 37.6 Å². The van der Waals surface area contributed by atoms with Gasteiger partial charge in [-0.1, -0.05) is 42.2 Å². The molecule has 1 fully saturated rings. The lowest BCUT2D eigenvalue weighted by atomic mass is 10.0. The maximum Gasteiger partial charge on any atom is 0.266 e. The van der Waals surface area contributed by atoms with Crippen LogP contribution in [0.2, 0.25) is 0 Å². The molecule has 4 rings (SSSR count). The van der Waals surface area contributed by atoms with Gasteiger partial charge in [0.15, 0.2) is 0 Å². The van der Waals surface area contributed by atoms with Crippen LogP contribution in [0.25, 0.3) is 23.0 Å². The van der Waals surface area contributed by atoms with Gasteiger partial charge in [-0.2, -0.15) is 5.10 Å². The first kappa shape index (κ1) is 24.2. The summed E-state index contributed by atoms with van der Waals surface area (Å²) in [5, 5.41) is 4.88. The first-order chi connectivity index (χ1) is 16.5. The molecule has 1 aliphatic rings. The number of ether oxygens (including phenoxy) is 2. The molecule has 1 amide bonds. The van der Waals surface area contributed by atoms with E-state index in [0.717, 1.165) is 40.2 Å². The second kappa shape index (κ2) is 11.0. The van der Waals surface area contributed by atoms with Gasteiger partial charge in [-0.05, 0) is 62.2 Å². The predicted octanol–water partition coefficient (Wildman–Crippen LogP) is 5.48. The minimum atomic E-state index is -0.0765. The molecule has 0 N–H and O–H groups in total. The summed E-state index contributed by atoms with van der Waals surface area (Å²) < 4.78 is 13.2. The van der Waals surface area contributed by atoms with Crippen LogP contribution in [-0.2, 0) is 9.53 Å². The molecular weight excluding hydrogens is 466 g/mol. The Bertz CT molecular complexity index is 1220. The van der Waals surface area contributed by atoms with Crippen molar-refractivity contribution in [3.8, 4) is 22.7 Å². The molecule has 0 atom stereocenters. The van der Waals surface area contributed by atoms with Gasteiger partial charge in [0.25, 0.3) is 5.91 Å². The minimum Gasteiger partial charge on any atom is -0.494 e. The number of thiocarbonyl (C=S) groups is 1. The van der Waals surface area contributed by atoms with E-state index >= 15 is 0 Å². The van der Waals surface area contributed by atoms with E-state index in [1.807, 2.05) is 73.3 Å². The highest BCUT2D eigenvalue weighted by Crippen LogP contribution is 2.35. The van der Waals surface area contributed by atoms with E-state index in [0.29, 0.717) is 29.0 Å². The Kier molecular flexibility index (Phi) is 7.82. The quantitative estimate of drug-likeness (QED) is 0.223. The normalized spacial score (nSPS) is 14.9. The Morgan fingerprint density at radius 1 is 1.18 bits per heavy atom. The number of thioether (sulfide) groups is 1. The van der Waals surface area contributed by atoms with E-state index in [1.165, 1.54) is 11.8 Å². The summed E-state index contributed by atoms with van der Waals surface area (Å²) >= 11 is 6.80. The lowest BCUT2D eigenvalue weighted by molar-refractivity contribution is -0.122. The van der Waals surface area contributed by atoms with E-state index in [2.05, 4.69) is 6.07 Å². The zero-order valence-electron chi connectivity index (χ0n) is 19.5. The molecule has 176 valence electrons. The summed E-state index contributed by atoms with van der Waals surface area (Å²) in [6.45, 7) is 5.73. The molecule has 3 aromatic rings. The largest absolute Gasteiger partial charge is 0.494 e. The number of nitrogens with zero attached hydrogens (tertiary/aromatic N) is 3. The molecule has 8 heteroatoms. The molecule has 0 saturated carbocycles. The highest BCUT2D eigenvalue weighted by Gasteiger charge is 2.32. The summed E-state index contributed by atoms with van der Waals surface area (Å²) in [5.74, 6) is 0.777. The highest BCUT2D eigenvalue weighted by atomic mass is 32.2. The maximum atomic E-state index is 13.1. The molecule has 1 aliphatic heterocycles. The van der Waals surface area contributed by atoms with Crippen molar-refractivity contribution in [2.45, 2.75) is 20.3 Å². The number of rotatable bonds is 9. The summed E-state index contributed by atoms with van der Waals surface area (Å²) in [5.41, 5.74) is 4.57. The van der Waals surface area contributed by atoms with E-state index < -0.39 is 0 Å². The number of para-hydroxylation sites is 1. The van der Waals surface area contributed by atoms with E-state index in [1.54, 1.807) is 12.0 Å². The third-order valence-corrected chi connectivity index (χ3v) is 6.78. The molecular formula is C26H27N3O3S2. The first-order valence-electron chi connectivity index (χ1n) is 11.1. The van der Waals surface area contributed by atoms with E-state index in [4.69, 9.17) is 26.8 Å². The molecule has 1 aromatic heterocycles. The van der Waals surface area contributed by atoms with Gasteiger partial charge in [0.05, 0.1) is 17.2 Å². The third kappa shape index (κ3) is 5.24. The van der Waals surface area contributed by atoms with Crippen LogP contribution in [-0.4, -0.2) is 51.8 Å². The fourth-order valence-electron chi connectivity index (χ4n) is 3.75. The van der Waals surface area contributed by atoms with Crippen molar-refractivity contribution in [3.05, 3.63) is 70.8 Å². The zero-order chi connectivity index (χ0) is 24.1. The Balaban J connectivity index is 1.73. The molecule has 0 bridgehead atoms. The van der Waals surface area contributed by atoms with Gasteiger partial charge in [0.1, 0.15) is 15.8 Å². The molecule has 34 heavy (non-hydrogen) atoms. The third-order valence-electron chi connectivity index (χ3n) is 5.40. The second-order valence-corrected chi connectivity index (χ2v) is 9.48. The Labute approximate surface area is 209 Å². The van der Waals surface area contributed by atoms with Crippen LogP contribution in [0.4, 0.5) is 0 Å². The number of amides is 1. The van der Waals surface area contributed by atoms with Crippen LogP contribution >= 0.6 is 24.0 Å². The molecule has 0 spiro atoms. The van der Waals surface area contributed by atoms with Gasteiger partial charge in [-0.15, -0.1) is 0 Å². The summed E-state index contributed by atoms with van der Waals surface area (Å²) in [7, 11) is 1.65. The number of carbonyl (C=O) groups excluding carboxylic acids is 1. The van der Waals surface area contributed by atoms with Crippen LogP contribution in [0.15, 0.2) is 59.6 Å². The average Bonchev–Trinajstić information content (AvgIpc) is 3.37. The van der Waals surface area contributed by atoms with Crippen molar-refractivity contribution >= 4 is 40.3 Å². The monoisotopic (exact) mass is 493 g/mol. The van der Waals surface area contributed by atoms with E-state index in [-0.39, 0.29) is 5.91 Å². The molecule has 0 unspecified atom stereocenters. The van der Waals surface area contributed by atoms with Crippen molar-refractivity contribution in [3.63, 3.8) is 0 Å². The lowest BCUT2D eigenvalue weighted by Gasteiger charge is -2.13. The summed E-state index contributed by atoms with van der Waals surface area (Å²) in [6.07, 6.45) is 4.58. The van der Waals surface area contributed by atoms with Gasteiger partial charge in [-0.3, -0.25) is 9.69 Å². The van der Waals surface area contributed by atoms with Gasteiger partial charge < -0.3 is 9.47 Å². The van der Waals surface area contributed by atoms with Gasteiger partial charge in [0.2, 0.25) is 0 Å². The summed E-state index contributed by atoms with van der Waals surface area (Å²) in [6, 6.07) is 16.0. The van der Waals surface area contributed by atoms with Crippen LogP contribution < -0.4 is 4.74 Å². The minimum absolute atomic E-state index is 0.0765. The van der Waals surface area contributed by atoms with Crippen LogP contribution in [0.1, 0.15) is 24.5 Å². The number of benzene rings is 2. The number of hydrogen-bond acceptors (Lipinski definition) is 6. The fraction of sp³-hybridized carbons (Fsp3) is 0.269. The Morgan fingerprint density at radius 3 is 2.68 bits per heavy atom. The Hall–Kier alpha value is -2.94. The second-order valence-electron chi connectivity index (χ2n) is 7.81. The van der Waals surface area contributed by atoms with Crippen molar-refractivity contribution < 1.29 is 14.3 Å². The molecule has 1 saturated heterocycles. The van der Waals surface area contributed by atoms with Crippen molar-refractivity contribution in [1.82, 2.24) is 14.7 Å². The molecule has 0 aliphatic carbocycles. The predicted molar refractivity (Wildman–Crippen MR) is 141 cm³/mol. The SMILES string of the molecule is CCOc1ccc(-c2nn(-c3ccccc3)cc2C=C2SC(=S)N(CCCOC)C2=O)cc1C. The standard InChI is InChI=1S/C26H27N3O3S2/c1-4-32-22-12-11-19(15-18(22)2)24-20(17-29(27-24)21-9-6-5-7-10-21)16-23-25(30)28(26(33)34-23)13-8-14-31-3/h5-7,9-12,15-17H,4,8,13-14H2,1-3H3. The smallest absolute Gasteiger partial charge is 0.266 e. The van der Waals surface area contributed by atoms with Crippen molar-refractivity contribution in [1.29, 1.82) is 0 Å². The van der Waals surface area contributed by atoms with E-state index in [9.17, 15) is 4.79 Å². The average molecular weight is 494 g/mol. The van der Waals surface area contributed by atoms with Crippen LogP contribution in [0.5, 0.6) is 5.75 Å². The zero-order valence-corrected chi connectivity index (χ0v) is 21.1. The van der Waals surface area contributed by atoms with Crippen molar-refractivity contribution in [2.75, 3.05) is 26.9 Å². The van der Waals surface area contributed by atoms with Crippen LogP contribution in [0, 0.1) is 6.92 Å². The number of aromatic nitrogens is 2. The fourth-order valence-corrected chi connectivity index (χ4v) is 5.04. The van der Waals surface area contributed by atoms with Crippen LogP contribution in [0.3, 0.4) is 0 Å². The topological polar surface area (TPSA) is 56.6 Å². The number of hydrogen-bond donors (Lipinski definition) is 0. The van der Waals surface area contributed by atoms with Gasteiger partial charge >= 0.3 is 0 Å². The molecule has 2 aromatic carbocycles. The number of aryl methyl sites for hydroxylation is 1. The van der Waals surface area contributed by atoms with Gasteiger partial charge in [-0.25, -0.2) is 4.68 Å². The highest BCUT2D eigenvalue weighted by molar-refractivity contribution is 8.26. The molecule has 6 nitrogen and oxygen atoms in total. The number of methoxy groups -OCH3 is 1. The molecule has 0 radical (unpaired) electrons. The number of carbonyl (C=O) groups is 1. The molecule has 2 heterocycles. The first-order valence-corrected chi connectivity index (χ1v) is 12.4. The Morgan fingerprint density at radius 2 is 1.97 bits per heavy atom.